The quantitative estimate of drug-likeness (QED) is 0.472. The van der Waals surface area contributed by atoms with Crippen molar-refractivity contribution in [2.75, 3.05) is 27.3 Å². The molecule has 0 bridgehead atoms. The molecule has 166 valence electrons. The number of carbonyl (C=O) groups excluding carboxylic acids is 1. The molecule has 0 aliphatic carbocycles. The van der Waals surface area contributed by atoms with Crippen molar-refractivity contribution in [2.24, 2.45) is 5.73 Å². The lowest BCUT2D eigenvalue weighted by Crippen LogP contribution is -2.29. The van der Waals surface area contributed by atoms with Gasteiger partial charge in [0, 0.05) is 24.7 Å². The van der Waals surface area contributed by atoms with E-state index in [0.717, 1.165) is 43.3 Å². The van der Waals surface area contributed by atoms with E-state index in [1.807, 2.05) is 30.3 Å². The number of likely N-dealkylation sites (tertiary alicyclic amines) is 1. The summed E-state index contributed by atoms with van der Waals surface area (Å²) in [5.41, 5.74) is 9.24. The van der Waals surface area contributed by atoms with Crippen LogP contribution < -0.4 is 15.2 Å². The van der Waals surface area contributed by atoms with Crippen LogP contribution in [0.25, 0.3) is 5.57 Å². The first kappa shape index (κ1) is 22.8. The number of nitrogens with two attached hydrogens (primary N) is 1. The number of ether oxygens (including phenoxy) is 2. The number of nitrogens with zero attached hydrogens (tertiary/aromatic N) is 1. The maximum absolute atomic E-state index is 12.0. The fraction of sp³-hybridized carbons (Fsp3) is 0.400. The molecule has 1 fully saturated rings. The van der Waals surface area contributed by atoms with Crippen molar-refractivity contribution in [2.45, 2.75) is 38.8 Å². The zero-order chi connectivity index (χ0) is 22.2. The molecule has 2 aromatic carbocycles. The second-order valence-electron chi connectivity index (χ2n) is 7.82. The maximum Gasteiger partial charge on any atom is 0.150 e. The zero-order valence-corrected chi connectivity index (χ0v) is 18.4. The molecule has 0 aromatic heterocycles. The second kappa shape index (κ2) is 11.0. The van der Waals surface area contributed by atoms with Crippen molar-refractivity contribution in [3.05, 3.63) is 58.7 Å². The smallest absolute Gasteiger partial charge is 0.150 e. The number of aromatic hydroxyl groups is 1. The fourth-order valence-corrected chi connectivity index (χ4v) is 4.03. The Labute approximate surface area is 184 Å². The summed E-state index contributed by atoms with van der Waals surface area (Å²) < 4.78 is 11.1. The van der Waals surface area contributed by atoms with E-state index in [1.54, 1.807) is 13.2 Å². The third-order valence-electron chi connectivity index (χ3n) is 5.83. The molecule has 1 aliphatic heterocycles. The van der Waals surface area contributed by atoms with Crippen LogP contribution in [0.1, 0.15) is 41.5 Å². The van der Waals surface area contributed by atoms with Gasteiger partial charge in [-0.25, -0.2) is 0 Å². The molecule has 0 unspecified atom stereocenters. The summed E-state index contributed by atoms with van der Waals surface area (Å²) in [5, 5.41) is 11.2. The lowest BCUT2D eigenvalue weighted by molar-refractivity contribution is -0.103. The Kier molecular flexibility index (Phi) is 8.09. The predicted molar refractivity (Wildman–Crippen MR) is 122 cm³/mol. The highest BCUT2D eigenvalue weighted by Crippen LogP contribution is 2.42. The molecule has 1 aliphatic rings. The van der Waals surface area contributed by atoms with Crippen LogP contribution in [0.3, 0.4) is 0 Å². The Morgan fingerprint density at radius 1 is 1.06 bits per heavy atom. The van der Waals surface area contributed by atoms with Crippen LogP contribution in [0.5, 0.6) is 17.2 Å². The molecule has 0 radical (unpaired) electrons. The molecule has 0 spiro atoms. The van der Waals surface area contributed by atoms with Gasteiger partial charge in [0.2, 0.25) is 0 Å². The number of hydrogen-bond donors (Lipinski definition) is 2. The van der Waals surface area contributed by atoms with E-state index in [0.29, 0.717) is 47.7 Å². The first-order valence-corrected chi connectivity index (χ1v) is 10.7. The number of hydrogen-bond acceptors (Lipinski definition) is 6. The zero-order valence-electron chi connectivity index (χ0n) is 18.4. The van der Waals surface area contributed by atoms with Crippen LogP contribution in [0.15, 0.2) is 36.4 Å². The lowest BCUT2D eigenvalue weighted by Gasteiger charge is -2.28. The summed E-state index contributed by atoms with van der Waals surface area (Å²) in [7, 11) is 3.10. The van der Waals surface area contributed by atoms with E-state index in [-0.39, 0.29) is 5.75 Å². The number of piperidine rings is 1. The summed E-state index contributed by atoms with van der Waals surface area (Å²) in [6.45, 7) is 3.03. The summed E-state index contributed by atoms with van der Waals surface area (Å²) in [6.07, 6.45) is 6.66. The second-order valence-corrected chi connectivity index (χ2v) is 7.82. The van der Waals surface area contributed by atoms with Gasteiger partial charge in [0.25, 0.3) is 0 Å². The number of aldehydes is 1. The van der Waals surface area contributed by atoms with Gasteiger partial charge in [-0.05, 0) is 43.5 Å². The van der Waals surface area contributed by atoms with E-state index in [2.05, 4.69) is 4.90 Å². The summed E-state index contributed by atoms with van der Waals surface area (Å²) in [6, 6.07) is 9.70. The first-order chi connectivity index (χ1) is 15.1. The topological polar surface area (TPSA) is 85.0 Å². The maximum atomic E-state index is 12.0. The minimum absolute atomic E-state index is 0.0404. The molecule has 0 amide bonds. The minimum Gasteiger partial charge on any atom is -0.507 e. The van der Waals surface area contributed by atoms with Crippen molar-refractivity contribution in [3.8, 4) is 17.2 Å². The van der Waals surface area contributed by atoms with E-state index in [4.69, 9.17) is 15.2 Å². The van der Waals surface area contributed by atoms with Crippen LogP contribution in [0, 0.1) is 0 Å². The Balaban J connectivity index is 1.97. The Morgan fingerprint density at radius 3 is 2.29 bits per heavy atom. The molecule has 1 saturated heterocycles. The molecule has 1 heterocycles. The molecular weight excluding hydrogens is 392 g/mol. The molecule has 2 aromatic rings. The summed E-state index contributed by atoms with van der Waals surface area (Å²) >= 11 is 0. The van der Waals surface area contributed by atoms with Gasteiger partial charge in [0.05, 0.1) is 25.3 Å². The van der Waals surface area contributed by atoms with Crippen molar-refractivity contribution in [3.63, 3.8) is 0 Å². The molecule has 0 saturated carbocycles. The average molecular weight is 425 g/mol. The number of carbonyl (C=O) groups is 1. The molecule has 6 nitrogen and oxygen atoms in total. The van der Waals surface area contributed by atoms with Crippen LogP contribution in [-0.4, -0.2) is 43.6 Å². The van der Waals surface area contributed by atoms with E-state index >= 15 is 0 Å². The Hall–Kier alpha value is -2.83. The van der Waals surface area contributed by atoms with Gasteiger partial charge in [0.1, 0.15) is 17.2 Å². The number of allylic oxidation sites excluding steroid dienone is 2. The lowest BCUT2D eigenvalue weighted by atomic mass is 9.97. The van der Waals surface area contributed by atoms with Crippen molar-refractivity contribution in [1.29, 1.82) is 0 Å². The third kappa shape index (κ3) is 5.46. The Bertz CT molecular complexity index is 916. The van der Waals surface area contributed by atoms with Crippen molar-refractivity contribution >= 4 is 11.9 Å². The van der Waals surface area contributed by atoms with Gasteiger partial charge in [-0.1, -0.05) is 36.8 Å². The molecular formula is C25H32N2O4. The highest BCUT2D eigenvalue weighted by atomic mass is 16.5. The fourth-order valence-electron chi connectivity index (χ4n) is 4.03. The standard InChI is InChI=1S/C25H32N2O4/c1-30-22-14-23(31-2)24(25(29)21(22)16-27-12-4-3-5-13-27)20(17-28)11-10-18-6-8-19(15-26)9-7-18/h6-9,11,14,17,29H,3-5,10,12-13,15-16,26H2,1-2H3/b20-11-. The number of rotatable bonds is 9. The SMILES string of the molecule is COc1cc(OC)c(/C(C=O)=C\Cc2ccc(CN)cc2)c(O)c1CN1CCCCC1. The van der Waals surface area contributed by atoms with Gasteiger partial charge in [-0.2, -0.15) is 0 Å². The monoisotopic (exact) mass is 424 g/mol. The predicted octanol–water partition coefficient (Wildman–Crippen LogP) is 3.68. The average Bonchev–Trinajstić information content (AvgIpc) is 2.82. The number of methoxy groups -OCH3 is 2. The van der Waals surface area contributed by atoms with Gasteiger partial charge >= 0.3 is 0 Å². The van der Waals surface area contributed by atoms with E-state index in [1.165, 1.54) is 13.5 Å². The first-order valence-electron chi connectivity index (χ1n) is 10.7. The van der Waals surface area contributed by atoms with Crippen molar-refractivity contribution < 1.29 is 19.4 Å². The molecule has 0 atom stereocenters. The summed E-state index contributed by atoms with van der Waals surface area (Å²) in [5.74, 6) is 1.01. The number of benzene rings is 2. The Morgan fingerprint density at radius 2 is 1.71 bits per heavy atom. The molecule has 3 N–H and O–H groups in total. The van der Waals surface area contributed by atoms with Crippen LogP contribution in [0.2, 0.25) is 0 Å². The van der Waals surface area contributed by atoms with Gasteiger partial charge in [0.15, 0.2) is 6.29 Å². The van der Waals surface area contributed by atoms with E-state index in [9.17, 15) is 9.90 Å². The highest BCUT2D eigenvalue weighted by molar-refractivity contribution is 6.09. The van der Waals surface area contributed by atoms with Crippen molar-refractivity contribution in [1.82, 2.24) is 4.90 Å². The normalized spacial score (nSPS) is 15.0. The molecule has 31 heavy (non-hydrogen) atoms. The molecule has 3 rings (SSSR count). The van der Waals surface area contributed by atoms with Crippen LogP contribution in [-0.2, 0) is 24.3 Å². The van der Waals surface area contributed by atoms with Gasteiger partial charge < -0.3 is 20.3 Å². The van der Waals surface area contributed by atoms with Crippen LogP contribution >= 0.6 is 0 Å². The number of phenolic OH excluding ortho intramolecular Hbond substituents is 1. The third-order valence-corrected chi connectivity index (χ3v) is 5.83. The summed E-state index contributed by atoms with van der Waals surface area (Å²) in [4.78, 5) is 14.3. The van der Waals surface area contributed by atoms with Gasteiger partial charge in [-0.3, -0.25) is 9.69 Å². The molecule has 6 heteroatoms. The van der Waals surface area contributed by atoms with E-state index < -0.39 is 0 Å². The largest absolute Gasteiger partial charge is 0.507 e. The minimum atomic E-state index is 0.0404. The van der Waals surface area contributed by atoms with Crippen LogP contribution in [0.4, 0.5) is 0 Å². The highest BCUT2D eigenvalue weighted by Gasteiger charge is 2.24. The van der Waals surface area contributed by atoms with Gasteiger partial charge in [-0.15, -0.1) is 0 Å². The number of phenols is 1.